The molecule has 2 heterocycles. The highest BCUT2D eigenvalue weighted by Crippen LogP contribution is 2.36. The van der Waals surface area contributed by atoms with E-state index in [1.807, 2.05) is 18.2 Å². The third-order valence-electron chi connectivity index (χ3n) is 3.19. The van der Waals surface area contributed by atoms with Gasteiger partial charge in [-0.1, -0.05) is 11.2 Å². The largest absolute Gasteiger partial charge is 0.506 e. The van der Waals surface area contributed by atoms with Crippen LogP contribution in [-0.2, 0) is 0 Å². The highest BCUT2D eigenvalue weighted by Gasteiger charge is 2.17. The van der Waals surface area contributed by atoms with Crippen LogP contribution in [0.5, 0.6) is 5.75 Å². The summed E-state index contributed by atoms with van der Waals surface area (Å²) in [5.41, 5.74) is 0.642. The Labute approximate surface area is 119 Å². The number of para-hydroxylation sites is 1. The molecule has 2 aromatic rings. The van der Waals surface area contributed by atoms with Crippen LogP contribution in [0.15, 0.2) is 33.3 Å². The monoisotopic (exact) mass is 323 g/mol. The van der Waals surface area contributed by atoms with E-state index >= 15 is 0 Å². The van der Waals surface area contributed by atoms with Crippen molar-refractivity contribution in [1.29, 1.82) is 0 Å². The maximum Gasteiger partial charge on any atom is 0.172 e. The van der Waals surface area contributed by atoms with E-state index in [-0.39, 0.29) is 5.75 Å². The molecule has 1 aliphatic heterocycles. The molecule has 1 fully saturated rings. The summed E-state index contributed by atoms with van der Waals surface area (Å²) < 4.78 is 5.99. The second kappa shape index (κ2) is 5.22. The quantitative estimate of drug-likeness (QED) is 0.887. The lowest BCUT2D eigenvalue weighted by Gasteiger charge is -2.26. The van der Waals surface area contributed by atoms with Crippen LogP contribution in [0.2, 0.25) is 0 Å². The third-order valence-corrected chi connectivity index (χ3v) is 3.83. The van der Waals surface area contributed by atoms with Crippen LogP contribution in [-0.4, -0.2) is 36.4 Å². The van der Waals surface area contributed by atoms with E-state index < -0.39 is 0 Å². The van der Waals surface area contributed by atoms with Gasteiger partial charge in [0.25, 0.3) is 0 Å². The molecule has 0 unspecified atom stereocenters. The standard InChI is InChI=1S/C13H14BrN3O2/c14-10-3-1-2-9(13(10)18)11-8-12(16-19-11)17-6-4-15-5-7-17/h1-3,8,15,18H,4-7H2. The van der Waals surface area contributed by atoms with E-state index in [0.29, 0.717) is 15.8 Å². The molecule has 6 heteroatoms. The fourth-order valence-corrected chi connectivity index (χ4v) is 2.52. The maximum atomic E-state index is 10.0. The van der Waals surface area contributed by atoms with Gasteiger partial charge in [0, 0.05) is 32.2 Å². The van der Waals surface area contributed by atoms with Gasteiger partial charge in [0.2, 0.25) is 0 Å². The predicted octanol–water partition coefficient (Wildman–Crippen LogP) is 2.22. The molecule has 0 saturated carbocycles. The van der Waals surface area contributed by atoms with Crippen molar-refractivity contribution in [3.8, 4) is 17.1 Å². The van der Waals surface area contributed by atoms with Gasteiger partial charge in [0.15, 0.2) is 11.6 Å². The molecule has 0 spiro atoms. The van der Waals surface area contributed by atoms with Crippen molar-refractivity contribution < 1.29 is 9.63 Å². The molecule has 0 aliphatic carbocycles. The Bertz CT molecular complexity index is 579. The average molecular weight is 324 g/mol. The number of aromatic hydroxyl groups is 1. The highest BCUT2D eigenvalue weighted by molar-refractivity contribution is 9.10. The average Bonchev–Trinajstić information content (AvgIpc) is 2.92. The first-order chi connectivity index (χ1) is 9.25. The van der Waals surface area contributed by atoms with Crippen LogP contribution < -0.4 is 10.2 Å². The lowest BCUT2D eigenvalue weighted by Crippen LogP contribution is -2.43. The third kappa shape index (κ3) is 2.46. The molecule has 19 heavy (non-hydrogen) atoms. The van der Waals surface area contributed by atoms with Crippen molar-refractivity contribution in [3.63, 3.8) is 0 Å². The minimum absolute atomic E-state index is 0.172. The minimum Gasteiger partial charge on any atom is -0.506 e. The summed E-state index contributed by atoms with van der Waals surface area (Å²) in [7, 11) is 0. The van der Waals surface area contributed by atoms with E-state index in [9.17, 15) is 5.11 Å². The highest BCUT2D eigenvalue weighted by atomic mass is 79.9. The summed E-state index contributed by atoms with van der Waals surface area (Å²) in [5, 5.41) is 17.4. The van der Waals surface area contributed by atoms with Gasteiger partial charge in [0.05, 0.1) is 10.0 Å². The van der Waals surface area contributed by atoms with E-state index in [4.69, 9.17) is 4.52 Å². The molecule has 0 radical (unpaired) electrons. The van der Waals surface area contributed by atoms with E-state index in [0.717, 1.165) is 32.0 Å². The molecule has 0 amide bonds. The molecular formula is C13H14BrN3O2. The molecule has 5 nitrogen and oxygen atoms in total. The summed E-state index contributed by atoms with van der Waals surface area (Å²) in [5.74, 6) is 1.56. The molecule has 1 saturated heterocycles. The number of halogens is 1. The van der Waals surface area contributed by atoms with Gasteiger partial charge >= 0.3 is 0 Å². The zero-order valence-electron chi connectivity index (χ0n) is 10.3. The fourth-order valence-electron chi connectivity index (χ4n) is 2.15. The number of nitrogens with one attached hydrogen (secondary N) is 1. The molecular weight excluding hydrogens is 310 g/mol. The number of piperazine rings is 1. The zero-order valence-corrected chi connectivity index (χ0v) is 11.9. The number of anilines is 1. The van der Waals surface area contributed by atoms with Crippen LogP contribution in [0.4, 0.5) is 5.82 Å². The molecule has 1 aromatic carbocycles. The number of aromatic nitrogens is 1. The van der Waals surface area contributed by atoms with Crippen molar-refractivity contribution in [2.75, 3.05) is 31.1 Å². The summed E-state index contributed by atoms with van der Waals surface area (Å²) in [6.45, 7) is 3.72. The smallest absolute Gasteiger partial charge is 0.172 e. The number of hydrogen-bond acceptors (Lipinski definition) is 5. The van der Waals surface area contributed by atoms with Gasteiger partial charge in [-0.25, -0.2) is 0 Å². The molecule has 1 aliphatic rings. The minimum atomic E-state index is 0.172. The predicted molar refractivity (Wildman–Crippen MR) is 76.4 cm³/mol. The van der Waals surface area contributed by atoms with Crippen molar-refractivity contribution >= 4 is 21.7 Å². The number of rotatable bonds is 2. The normalized spacial score (nSPS) is 15.7. The SMILES string of the molecule is Oc1c(Br)cccc1-c1cc(N2CCNCC2)no1. The summed E-state index contributed by atoms with van der Waals surface area (Å²) >= 11 is 3.30. The van der Waals surface area contributed by atoms with Crippen molar-refractivity contribution in [3.05, 3.63) is 28.7 Å². The van der Waals surface area contributed by atoms with E-state index in [1.165, 1.54) is 0 Å². The van der Waals surface area contributed by atoms with E-state index in [2.05, 4.69) is 31.3 Å². The summed E-state index contributed by atoms with van der Waals surface area (Å²) in [4.78, 5) is 2.17. The number of phenolic OH excluding ortho intramolecular Hbond substituents is 1. The molecule has 100 valence electrons. The van der Waals surface area contributed by atoms with Crippen LogP contribution in [0.1, 0.15) is 0 Å². The van der Waals surface area contributed by atoms with E-state index in [1.54, 1.807) is 6.07 Å². The van der Waals surface area contributed by atoms with Gasteiger partial charge in [0.1, 0.15) is 5.75 Å². The molecule has 0 bridgehead atoms. The first-order valence-electron chi connectivity index (χ1n) is 6.16. The van der Waals surface area contributed by atoms with Crippen LogP contribution in [0.3, 0.4) is 0 Å². The van der Waals surface area contributed by atoms with Crippen molar-refractivity contribution in [2.24, 2.45) is 0 Å². The van der Waals surface area contributed by atoms with Crippen molar-refractivity contribution in [1.82, 2.24) is 10.5 Å². The van der Waals surface area contributed by atoms with Crippen molar-refractivity contribution in [2.45, 2.75) is 0 Å². The first-order valence-corrected chi connectivity index (χ1v) is 6.95. The fraction of sp³-hybridized carbons (Fsp3) is 0.308. The number of benzene rings is 1. The molecule has 0 atom stereocenters. The Morgan fingerprint density at radius 3 is 2.89 bits per heavy atom. The lowest BCUT2D eigenvalue weighted by molar-refractivity contribution is 0.423. The topological polar surface area (TPSA) is 61.5 Å². The molecule has 3 rings (SSSR count). The van der Waals surface area contributed by atoms with Gasteiger partial charge in [-0.3, -0.25) is 0 Å². The Balaban J connectivity index is 1.90. The van der Waals surface area contributed by atoms with Gasteiger partial charge < -0.3 is 19.8 Å². The van der Waals surface area contributed by atoms with Crippen LogP contribution in [0, 0.1) is 0 Å². The second-order valence-electron chi connectivity index (χ2n) is 4.42. The number of phenols is 1. The zero-order chi connectivity index (χ0) is 13.2. The molecule has 1 aromatic heterocycles. The lowest BCUT2D eigenvalue weighted by atomic mass is 10.1. The Hall–Kier alpha value is -1.53. The summed E-state index contributed by atoms with van der Waals surface area (Å²) in [6, 6.07) is 7.31. The summed E-state index contributed by atoms with van der Waals surface area (Å²) in [6.07, 6.45) is 0. The Kier molecular flexibility index (Phi) is 3.44. The second-order valence-corrected chi connectivity index (χ2v) is 5.28. The Morgan fingerprint density at radius 1 is 1.32 bits per heavy atom. The molecule has 2 N–H and O–H groups in total. The number of nitrogens with zero attached hydrogens (tertiary/aromatic N) is 2. The van der Waals surface area contributed by atoms with Crippen LogP contribution in [0.25, 0.3) is 11.3 Å². The van der Waals surface area contributed by atoms with Gasteiger partial charge in [-0.15, -0.1) is 0 Å². The maximum absolute atomic E-state index is 10.0. The first kappa shape index (κ1) is 12.5. The van der Waals surface area contributed by atoms with Gasteiger partial charge in [-0.2, -0.15) is 0 Å². The van der Waals surface area contributed by atoms with Gasteiger partial charge in [-0.05, 0) is 28.1 Å². The van der Waals surface area contributed by atoms with Crippen LogP contribution >= 0.6 is 15.9 Å². The Morgan fingerprint density at radius 2 is 2.11 bits per heavy atom. The number of hydrogen-bond donors (Lipinski definition) is 2.